The number of hydrogen-bond donors (Lipinski definition) is 9. The number of phenols is 4. The molecule has 79 heavy (non-hydrogen) atoms. The molecule has 2 aromatic carbocycles. The Balaban J connectivity index is 0.000000192. The van der Waals surface area contributed by atoms with Gasteiger partial charge in [-0.1, -0.05) is 78.7 Å². The molecule has 2 aromatic rings. The van der Waals surface area contributed by atoms with Crippen LogP contribution in [0.3, 0.4) is 0 Å². The summed E-state index contributed by atoms with van der Waals surface area (Å²) in [6.07, 6.45) is 17.1. The topological polar surface area (TPSA) is 256 Å². The Morgan fingerprint density at radius 1 is 0.557 bits per heavy atom. The Bertz CT molecular complexity index is 2970. The first-order valence-electron chi connectivity index (χ1n) is 28.9. The van der Waals surface area contributed by atoms with Crippen molar-refractivity contribution in [3.05, 3.63) is 68.8 Å². The molecule has 0 bridgehead atoms. The van der Waals surface area contributed by atoms with Gasteiger partial charge in [-0.15, -0.1) is 23.5 Å². The van der Waals surface area contributed by atoms with Crippen molar-refractivity contribution in [2.45, 2.75) is 207 Å². The largest absolute Gasteiger partial charge is 0.504 e. The first kappa shape index (κ1) is 59.3. The number of hydrogen-bond acceptors (Lipinski definition) is 11. The zero-order chi connectivity index (χ0) is 58.4. The fourth-order valence-corrected chi connectivity index (χ4v) is 21.1. The highest BCUT2D eigenvalue weighted by Gasteiger charge is 2.69. The molecule has 0 aromatic heterocycles. The predicted molar refractivity (Wildman–Crippen MR) is 310 cm³/mol. The standard InChI is InChI=1S/C32H45NO6S.C32H44O6S/c1-17-24-18(13-20(34)25(17)35)30(4)10-12-32(6)23-15-29(3,27(38)39)8-7-28(23,2)9-11-31(32,5)22(30)14-21(24)40-16-19(33)26(36)37;1-18-25-19(15-20(33)26(18)36)30(4)11-13-32(6)23-17-29(3,27(37)38)9-8-28(23,2)10-12-31(32,5)22(30)16-21(25)39-14-7-24(34)35/h13-14,19,21,23,34-35H,7-12,15-16,33H2,1-6H3,(H,36,37)(H,38,39);15-16,21,23,33,36H,7-14,17H2,1-6H3,(H,34,35)(H,37,38)/t19-,21?,23-,28-,29-,30+,31-,32+;21?,23-,28-,29-,30+,31-,32+/m11/s1. The number of carboxylic acid groups (broad SMARTS) is 4. The number of carbonyl (C=O) groups is 4. The molecule has 434 valence electrons. The molecule has 8 aliphatic rings. The summed E-state index contributed by atoms with van der Waals surface area (Å²) in [6.45, 7) is 26.3. The second-order valence-electron chi connectivity index (χ2n) is 28.7. The van der Waals surface area contributed by atoms with Crippen LogP contribution in [0.15, 0.2) is 35.4 Å². The predicted octanol–water partition coefficient (Wildman–Crippen LogP) is 13.6. The van der Waals surface area contributed by atoms with E-state index in [9.17, 15) is 60.0 Å². The molecule has 0 amide bonds. The lowest BCUT2D eigenvalue weighted by Gasteiger charge is -2.70. The molecule has 0 saturated heterocycles. The minimum atomic E-state index is -1.05. The first-order chi connectivity index (χ1) is 36.5. The Morgan fingerprint density at radius 2 is 0.937 bits per heavy atom. The van der Waals surface area contributed by atoms with Crippen LogP contribution in [-0.2, 0) is 30.0 Å². The maximum Gasteiger partial charge on any atom is 0.321 e. The fraction of sp³-hybridized carbons (Fsp3) is 0.688. The molecular weight excluding hydrogens is 1040 g/mol. The van der Waals surface area contributed by atoms with Crippen LogP contribution in [0.2, 0.25) is 0 Å². The van der Waals surface area contributed by atoms with Gasteiger partial charge in [-0.3, -0.25) is 19.2 Å². The molecule has 2 unspecified atom stereocenters. The number of nitrogens with two attached hydrogens (primary N) is 1. The van der Waals surface area contributed by atoms with E-state index in [1.54, 1.807) is 23.9 Å². The van der Waals surface area contributed by atoms with Gasteiger partial charge in [0.2, 0.25) is 0 Å². The lowest BCUT2D eigenvalue weighted by Crippen LogP contribution is -2.62. The van der Waals surface area contributed by atoms with Gasteiger partial charge in [0.15, 0.2) is 23.0 Å². The number of aliphatic carboxylic acids is 4. The summed E-state index contributed by atoms with van der Waals surface area (Å²) in [5, 5.41) is 81.7. The van der Waals surface area contributed by atoms with Crippen molar-refractivity contribution in [2.24, 2.45) is 60.9 Å². The average molecular weight is 1130 g/mol. The summed E-state index contributed by atoms with van der Waals surface area (Å²) in [4.78, 5) is 47.7. The second kappa shape index (κ2) is 19.4. The van der Waals surface area contributed by atoms with Gasteiger partial charge >= 0.3 is 23.9 Å². The third-order valence-electron chi connectivity index (χ3n) is 24.6. The number of benzene rings is 2. The average Bonchev–Trinajstić information content (AvgIpc) is 2.76. The summed E-state index contributed by atoms with van der Waals surface area (Å²) in [5.74, 6) is -2.55. The van der Waals surface area contributed by atoms with Crippen LogP contribution in [0.25, 0.3) is 0 Å². The van der Waals surface area contributed by atoms with E-state index in [4.69, 9.17) is 5.73 Å². The second-order valence-corrected chi connectivity index (χ2v) is 31.1. The van der Waals surface area contributed by atoms with E-state index in [2.05, 4.69) is 67.5 Å². The van der Waals surface area contributed by atoms with E-state index in [1.165, 1.54) is 22.9 Å². The summed E-state index contributed by atoms with van der Waals surface area (Å²) in [6, 6.07) is 2.46. The number of aromatic hydroxyl groups is 4. The van der Waals surface area contributed by atoms with Gasteiger partial charge in [0, 0.05) is 32.8 Å². The Morgan fingerprint density at radius 3 is 1.30 bits per heavy atom. The number of allylic oxidation sites excluding steroid dienone is 2. The highest BCUT2D eigenvalue weighted by molar-refractivity contribution is 8.00. The van der Waals surface area contributed by atoms with E-state index in [0.29, 0.717) is 36.1 Å². The fourth-order valence-electron chi connectivity index (χ4n) is 18.6. The van der Waals surface area contributed by atoms with Crippen molar-refractivity contribution < 1.29 is 60.0 Å². The van der Waals surface area contributed by atoms with Gasteiger partial charge < -0.3 is 46.6 Å². The van der Waals surface area contributed by atoms with Crippen molar-refractivity contribution >= 4 is 47.4 Å². The van der Waals surface area contributed by atoms with Gasteiger partial charge in [-0.05, 0) is 207 Å². The van der Waals surface area contributed by atoms with Crippen molar-refractivity contribution in [3.8, 4) is 23.0 Å². The molecule has 6 saturated carbocycles. The Labute approximate surface area is 476 Å². The normalized spacial score (nSPS) is 41.0. The molecule has 8 aliphatic carbocycles. The SMILES string of the molecule is Cc1c(O)c(O)cc2c1C(SCCC(=O)O)C=C1[C@@]2(C)CC[C@@]2(C)[C@@H]3C[C@](C)(C(=O)O)CC[C@]3(C)CC[C@]12C.Cc1c(O)c(O)cc2c1C(SC[C@@H](N)C(=O)O)C=C1[C@@]2(C)CC[C@@]2(C)[C@@H]3C[C@](C)(C(=O)O)CC[C@]3(C)CC[C@]12C. The van der Waals surface area contributed by atoms with E-state index < -0.39 is 40.7 Å². The molecule has 0 heterocycles. The quantitative estimate of drug-likeness (QED) is 0.0792. The zero-order valence-corrected chi connectivity index (χ0v) is 50.5. The third-order valence-corrected chi connectivity index (χ3v) is 27.0. The van der Waals surface area contributed by atoms with Crippen LogP contribution >= 0.6 is 23.5 Å². The van der Waals surface area contributed by atoms with Gasteiger partial charge in [-0.25, -0.2) is 0 Å². The van der Waals surface area contributed by atoms with Gasteiger partial charge in [0.05, 0.1) is 17.3 Å². The van der Waals surface area contributed by atoms with E-state index in [0.717, 1.165) is 92.9 Å². The summed E-state index contributed by atoms with van der Waals surface area (Å²) in [5.41, 5.74) is 11.3. The molecule has 13 nitrogen and oxygen atoms in total. The van der Waals surface area contributed by atoms with Crippen molar-refractivity contribution in [1.29, 1.82) is 0 Å². The molecule has 10 rings (SSSR count). The molecule has 0 radical (unpaired) electrons. The van der Waals surface area contributed by atoms with E-state index in [-0.39, 0.29) is 101 Å². The minimum absolute atomic E-state index is 0.0588. The minimum Gasteiger partial charge on any atom is -0.504 e. The molecule has 6 fully saturated rings. The van der Waals surface area contributed by atoms with Crippen LogP contribution < -0.4 is 5.73 Å². The highest BCUT2D eigenvalue weighted by atomic mass is 32.2. The van der Waals surface area contributed by atoms with Crippen molar-refractivity contribution in [1.82, 2.24) is 0 Å². The van der Waals surface area contributed by atoms with Crippen LogP contribution in [0.1, 0.15) is 209 Å². The van der Waals surface area contributed by atoms with Crippen LogP contribution in [-0.4, -0.2) is 82.3 Å². The van der Waals surface area contributed by atoms with E-state index in [1.807, 2.05) is 27.7 Å². The molecule has 15 heteroatoms. The van der Waals surface area contributed by atoms with E-state index >= 15 is 0 Å². The van der Waals surface area contributed by atoms with Crippen LogP contribution in [0.4, 0.5) is 0 Å². The van der Waals surface area contributed by atoms with Crippen LogP contribution in [0, 0.1) is 69.0 Å². The Kier molecular flexibility index (Phi) is 14.5. The van der Waals surface area contributed by atoms with Crippen LogP contribution in [0.5, 0.6) is 23.0 Å². The number of phenolic OH excluding ortho intramolecular Hbond substituents is 4. The third kappa shape index (κ3) is 8.69. The number of rotatable bonds is 10. The monoisotopic (exact) mass is 1130 g/mol. The molecule has 0 aliphatic heterocycles. The lowest BCUT2D eigenvalue weighted by molar-refractivity contribution is -0.177. The van der Waals surface area contributed by atoms with Crippen molar-refractivity contribution in [3.63, 3.8) is 0 Å². The molecular formula is C64H89NO12S2. The number of carboxylic acids is 4. The summed E-state index contributed by atoms with van der Waals surface area (Å²) < 4.78 is 0. The molecule has 0 spiro atoms. The van der Waals surface area contributed by atoms with Gasteiger partial charge in [-0.2, -0.15) is 0 Å². The number of thioether (sulfide) groups is 2. The molecule has 10 N–H and O–H groups in total. The zero-order valence-electron chi connectivity index (χ0n) is 48.8. The summed E-state index contributed by atoms with van der Waals surface area (Å²) in [7, 11) is 0. The molecule has 15 atom stereocenters. The lowest BCUT2D eigenvalue weighted by atomic mass is 9.34. The number of fused-ring (bicyclic) bond motifs is 14. The first-order valence-corrected chi connectivity index (χ1v) is 31.0. The smallest absolute Gasteiger partial charge is 0.321 e. The maximum absolute atomic E-state index is 12.4. The highest BCUT2D eigenvalue weighted by Crippen LogP contribution is 2.77. The summed E-state index contributed by atoms with van der Waals surface area (Å²) >= 11 is 3.06. The Hall–Kier alpha value is -4.34. The van der Waals surface area contributed by atoms with Crippen molar-refractivity contribution in [2.75, 3.05) is 11.5 Å². The van der Waals surface area contributed by atoms with Gasteiger partial charge in [0.25, 0.3) is 0 Å². The maximum atomic E-state index is 12.4. The van der Waals surface area contributed by atoms with Gasteiger partial charge in [0.1, 0.15) is 6.04 Å².